The SMILES string of the molecule is Cn1c(NCCOc2ccccc2)c(C#N)c(=O)n(C)c1=O. The highest BCUT2D eigenvalue weighted by Gasteiger charge is 2.14. The van der Waals surface area contributed by atoms with Gasteiger partial charge >= 0.3 is 5.69 Å². The Balaban J connectivity index is 2.12. The smallest absolute Gasteiger partial charge is 0.332 e. The predicted octanol–water partition coefficient (Wildman–Crippen LogP) is 0.447. The van der Waals surface area contributed by atoms with Crippen molar-refractivity contribution < 1.29 is 4.74 Å². The van der Waals surface area contributed by atoms with Crippen LogP contribution in [0.1, 0.15) is 5.56 Å². The third-order valence-corrected chi connectivity index (χ3v) is 3.18. The van der Waals surface area contributed by atoms with E-state index in [4.69, 9.17) is 10.00 Å². The summed E-state index contributed by atoms with van der Waals surface area (Å²) >= 11 is 0. The van der Waals surface area contributed by atoms with Crippen molar-refractivity contribution in [3.05, 3.63) is 56.7 Å². The number of hydrogen-bond donors (Lipinski definition) is 1. The maximum atomic E-state index is 11.9. The van der Waals surface area contributed by atoms with E-state index in [-0.39, 0.29) is 11.4 Å². The molecule has 0 aliphatic rings. The number of nitrogens with one attached hydrogen (secondary N) is 1. The molecule has 22 heavy (non-hydrogen) atoms. The molecule has 1 heterocycles. The molecule has 1 aromatic heterocycles. The molecule has 2 aromatic rings. The number of ether oxygens (including phenoxy) is 1. The van der Waals surface area contributed by atoms with Crippen LogP contribution in [0.2, 0.25) is 0 Å². The highest BCUT2D eigenvalue weighted by atomic mass is 16.5. The van der Waals surface area contributed by atoms with Gasteiger partial charge in [-0.05, 0) is 12.1 Å². The molecule has 0 aliphatic carbocycles. The summed E-state index contributed by atoms with van der Waals surface area (Å²) in [4.78, 5) is 23.8. The summed E-state index contributed by atoms with van der Waals surface area (Å²) in [5.41, 5.74) is -1.20. The number of anilines is 1. The van der Waals surface area contributed by atoms with Crippen LogP contribution in [0, 0.1) is 11.3 Å². The lowest BCUT2D eigenvalue weighted by Gasteiger charge is -2.14. The van der Waals surface area contributed by atoms with E-state index in [0.29, 0.717) is 13.2 Å². The van der Waals surface area contributed by atoms with E-state index in [2.05, 4.69) is 5.32 Å². The summed E-state index contributed by atoms with van der Waals surface area (Å²) in [5.74, 6) is 0.926. The first kappa shape index (κ1) is 15.4. The van der Waals surface area contributed by atoms with E-state index < -0.39 is 11.2 Å². The molecule has 2 rings (SSSR count). The quantitative estimate of drug-likeness (QED) is 0.810. The third kappa shape index (κ3) is 3.01. The highest BCUT2D eigenvalue weighted by Crippen LogP contribution is 2.09. The van der Waals surface area contributed by atoms with E-state index in [1.165, 1.54) is 18.7 Å². The zero-order chi connectivity index (χ0) is 16.1. The standard InChI is InChI=1S/C15H16N4O3/c1-18-13(12(10-16)14(20)19(2)15(18)21)17-8-9-22-11-6-4-3-5-7-11/h3-7,17H,8-9H2,1-2H3. The van der Waals surface area contributed by atoms with Gasteiger partial charge in [-0.1, -0.05) is 18.2 Å². The van der Waals surface area contributed by atoms with Gasteiger partial charge < -0.3 is 10.1 Å². The molecule has 0 amide bonds. The van der Waals surface area contributed by atoms with E-state index >= 15 is 0 Å². The van der Waals surface area contributed by atoms with E-state index in [9.17, 15) is 9.59 Å². The minimum atomic E-state index is -0.614. The number of hydrogen-bond acceptors (Lipinski definition) is 5. The highest BCUT2D eigenvalue weighted by molar-refractivity contribution is 5.51. The van der Waals surface area contributed by atoms with Crippen LogP contribution >= 0.6 is 0 Å². The number of para-hydroxylation sites is 1. The first-order valence-corrected chi connectivity index (χ1v) is 6.68. The Morgan fingerprint density at radius 2 is 1.86 bits per heavy atom. The fraction of sp³-hybridized carbons (Fsp3) is 0.267. The Hall–Kier alpha value is -3.01. The summed E-state index contributed by atoms with van der Waals surface area (Å²) in [5, 5.41) is 12.0. The summed E-state index contributed by atoms with van der Waals surface area (Å²) < 4.78 is 7.65. The van der Waals surface area contributed by atoms with Gasteiger partial charge in [-0.15, -0.1) is 0 Å². The van der Waals surface area contributed by atoms with Crippen molar-refractivity contribution in [1.82, 2.24) is 9.13 Å². The predicted molar refractivity (Wildman–Crippen MR) is 82.1 cm³/mol. The molecule has 0 aliphatic heterocycles. The van der Waals surface area contributed by atoms with Crippen LogP contribution in [0.25, 0.3) is 0 Å². The molecular formula is C15H16N4O3. The van der Waals surface area contributed by atoms with Gasteiger partial charge in [-0.25, -0.2) is 4.79 Å². The lowest BCUT2D eigenvalue weighted by atomic mass is 10.3. The molecule has 0 radical (unpaired) electrons. The van der Waals surface area contributed by atoms with Gasteiger partial charge in [0.15, 0.2) is 5.56 Å². The van der Waals surface area contributed by atoms with Gasteiger partial charge in [-0.3, -0.25) is 13.9 Å². The molecule has 0 atom stereocenters. The lowest BCUT2D eigenvalue weighted by Crippen LogP contribution is -2.40. The second-order valence-electron chi connectivity index (χ2n) is 4.63. The Labute approximate surface area is 127 Å². The lowest BCUT2D eigenvalue weighted by molar-refractivity contribution is 0.332. The molecule has 1 N–H and O–H groups in total. The van der Waals surface area contributed by atoms with Crippen molar-refractivity contribution in [2.45, 2.75) is 0 Å². The fourth-order valence-electron chi connectivity index (χ4n) is 2.01. The van der Waals surface area contributed by atoms with Crippen molar-refractivity contribution >= 4 is 5.82 Å². The summed E-state index contributed by atoms with van der Waals surface area (Å²) in [7, 11) is 2.84. The number of aromatic nitrogens is 2. The first-order valence-electron chi connectivity index (χ1n) is 6.68. The molecule has 0 saturated heterocycles. The van der Waals surface area contributed by atoms with Crippen molar-refractivity contribution in [1.29, 1.82) is 5.26 Å². The molecule has 0 bridgehead atoms. The van der Waals surface area contributed by atoms with Gasteiger partial charge in [0.2, 0.25) is 0 Å². The Morgan fingerprint density at radius 1 is 1.18 bits per heavy atom. The van der Waals surface area contributed by atoms with Gasteiger partial charge in [0.05, 0.1) is 6.54 Å². The summed E-state index contributed by atoms with van der Waals surface area (Å²) in [6, 6.07) is 11.1. The Morgan fingerprint density at radius 3 is 2.50 bits per heavy atom. The minimum Gasteiger partial charge on any atom is -0.492 e. The van der Waals surface area contributed by atoms with Crippen LogP contribution in [0.3, 0.4) is 0 Å². The molecule has 0 fully saturated rings. The van der Waals surface area contributed by atoms with Crippen molar-refractivity contribution in [3.8, 4) is 11.8 Å². The van der Waals surface area contributed by atoms with Crippen LogP contribution in [0.4, 0.5) is 5.82 Å². The van der Waals surface area contributed by atoms with E-state index in [0.717, 1.165) is 10.3 Å². The molecule has 0 saturated carbocycles. The van der Waals surface area contributed by atoms with Gasteiger partial charge in [0, 0.05) is 14.1 Å². The molecule has 0 unspecified atom stereocenters. The maximum Gasteiger partial charge on any atom is 0.332 e. The molecule has 0 spiro atoms. The number of nitriles is 1. The topological polar surface area (TPSA) is 89.1 Å². The zero-order valence-electron chi connectivity index (χ0n) is 12.4. The second kappa shape index (κ2) is 6.63. The maximum absolute atomic E-state index is 11.9. The molecule has 7 heteroatoms. The first-order chi connectivity index (χ1) is 10.6. The summed E-state index contributed by atoms with van der Waals surface area (Å²) in [6.07, 6.45) is 0. The summed E-state index contributed by atoms with van der Waals surface area (Å²) in [6.45, 7) is 0.683. The third-order valence-electron chi connectivity index (χ3n) is 3.18. The van der Waals surface area contributed by atoms with Crippen molar-refractivity contribution in [3.63, 3.8) is 0 Å². The van der Waals surface area contributed by atoms with Crippen LogP contribution in [-0.2, 0) is 14.1 Å². The average molecular weight is 300 g/mol. The minimum absolute atomic E-state index is 0.0932. The van der Waals surface area contributed by atoms with Gasteiger partial charge in [-0.2, -0.15) is 5.26 Å². The van der Waals surface area contributed by atoms with Gasteiger partial charge in [0.25, 0.3) is 5.56 Å². The molecule has 1 aromatic carbocycles. The van der Waals surface area contributed by atoms with Crippen LogP contribution in [0.15, 0.2) is 39.9 Å². The molecular weight excluding hydrogens is 284 g/mol. The zero-order valence-corrected chi connectivity index (χ0v) is 12.4. The molecule has 7 nitrogen and oxygen atoms in total. The van der Waals surface area contributed by atoms with Crippen LogP contribution in [0.5, 0.6) is 5.75 Å². The molecule has 114 valence electrons. The fourth-order valence-corrected chi connectivity index (χ4v) is 2.01. The number of rotatable bonds is 5. The second-order valence-corrected chi connectivity index (χ2v) is 4.63. The van der Waals surface area contributed by atoms with Crippen LogP contribution in [-0.4, -0.2) is 22.3 Å². The monoisotopic (exact) mass is 300 g/mol. The Bertz CT molecular complexity index is 816. The van der Waals surface area contributed by atoms with Gasteiger partial charge in [0.1, 0.15) is 24.2 Å². The van der Waals surface area contributed by atoms with Crippen molar-refractivity contribution in [2.75, 3.05) is 18.5 Å². The van der Waals surface area contributed by atoms with Crippen LogP contribution < -0.4 is 21.3 Å². The van der Waals surface area contributed by atoms with E-state index in [1.54, 1.807) is 0 Å². The number of benzene rings is 1. The van der Waals surface area contributed by atoms with Crippen molar-refractivity contribution in [2.24, 2.45) is 14.1 Å². The number of nitrogens with zero attached hydrogens (tertiary/aromatic N) is 3. The average Bonchev–Trinajstić information content (AvgIpc) is 2.55. The largest absolute Gasteiger partial charge is 0.492 e. The normalized spacial score (nSPS) is 10.0. The Kier molecular flexibility index (Phi) is 4.63. The van der Waals surface area contributed by atoms with E-state index in [1.807, 2.05) is 36.4 Å².